The van der Waals surface area contributed by atoms with E-state index in [0.29, 0.717) is 22.6 Å². The number of aromatic amines is 1. The van der Waals surface area contributed by atoms with Gasteiger partial charge in [-0.1, -0.05) is 12.1 Å². The zero-order chi connectivity index (χ0) is 20.7. The van der Waals surface area contributed by atoms with Crippen LogP contribution in [0.25, 0.3) is 33.5 Å². The summed E-state index contributed by atoms with van der Waals surface area (Å²) in [6, 6.07) is 6.21. The lowest BCUT2D eigenvalue weighted by atomic mass is 10.1. The maximum absolute atomic E-state index is 11.5. The highest BCUT2D eigenvalue weighted by atomic mass is 16.5. The van der Waals surface area contributed by atoms with Crippen LogP contribution in [-0.4, -0.2) is 73.6 Å². The molecule has 0 atom stereocenters. The van der Waals surface area contributed by atoms with Gasteiger partial charge in [0.25, 0.3) is 0 Å². The highest BCUT2D eigenvalue weighted by Gasteiger charge is 2.19. The Morgan fingerprint density at radius 3 is 2.90 bits per heavy atom. The van der Waals surface area contributed by atoms with Crippen LogP contribution in [0.4, 0.5) is 0 Å². The fraction of sp³-hybridized carbons (Fsp3) is 0.333. The van der Waals surface area contributed by atoms with Crippen LogP contribution in [0.15, 0.2) is 30.6 Å². The van der Waals surface area contributed by atoms with Gasteiger partial charge in [-0.05, 0) is 18.6 Å². The number of morpholine rings is 1. The molecule has 5 rings (SSSR count). The molecule has 2 N–H and O–H groups in total. The van der Waals surface area contributed by atoms with Crippen molar-refractivity contribution in [2.45, 2.75) is 13.5 Å². The number of carbonyl (C=O) groups is 1. The van der Waals surface area contributed by atoms with E-state index in [9.17, 15) is 9.90 Å². The molecule has 0 radical (unpaired) electrons. The minimum Gasteiger partial charge on any atom is -0.478 e. The van der Waals surface area contributed by atoms with Crippen LogP contribution in [-0.2, 0) is 11.3 Å². The summed E-state index contributed by atoms with van der Waals surface area (Å²) < 4.78 is 7.44. The molecular formula is C21H22N6O3. The van der Waals surface area contributed by atoms with Crippen LogP contribution in [0.3, 0.4) is 0 Å². The van der Waals surface area contributed by atoms with Gasteiger partial charge >= 0.3 is 5.97 Å². The first-order valence-electron chi connectivity index (χ1n) is 9.95. The van der Waals surface area contributed by atoms with Gasteiger partial charge in [0.05, 0.1) is 31.5 Å². The fourth-order valence-corrected chi connectivity index (χ4v) is 3.87. The van der Waals surface area contributed by atoms with Crippen LogP contribution in [0.5, 0.6) is 0 Å². The van der Waals surface area contributed by atoms with E-state index in [4.69, 9.17) is 9.84 Å². The van der Waals surface area contributed by atoms with Crippen molar-refractivity contribution in [2.75, 3.05) is 32.8 Å². The van der Waals surface area contributed by atoms with Crippen LogP contribution >= 0.6 is 0 Å². The first kappa shape index (κ1) is 18.7. The van der Waals surface area contributed by atoms with Crippen LogP contribution in [0, 0.1) is 6.92 Å². The second-order valence-corrected chi connectivity index (χ2v) is 7.51. The van der Waals surface area contributed by atoms with Gasteiger partial charge in [0, 0.05) is 31.2 Å². The van der Waals surface area contributed by atoms with Crippen molar-refractivity contribution in [3.63, 3.8) is 0 Å². The van der Waals surface area contributed by atoms with Gasteiger partial charge in [-0.3, -0.25) is 9.58 Å². The monoisotopic (exact) mass is 406 g/mol. The summed E-state index contributed by atoms with van der Waals surface area (Å²) in [6.07, 6.45) is 3.05. The molecule has 9 nitrogen and oxygen atoms in total. The van der Waals surface area contributed by atoms with Crippen molar-refractivity contribution in [3.8, 4) is 11.4 Å². The molecule has 0 spiro atoms. The zero-order valence-electron chi connectivity index (χ0n) is 16.6. The summed E-state index contributed by atoms with van der Waals surface area (Å²) in [5.74, 6) is -1.04. The number of benzene rings is 1. The number of aromatic nitrogens is 5. The topological polar surface area (TPSA) is 109 Å². The summed E-state index contributed by atoms with van der Waals surface area (Å²) >= 11 is 0. The molecule has 0 amide bonds. The number of H-pyrrole nitrogens is 1. The molecule has 9 heteroatoms. The molecule has 4 aromatic rings. The highest BCUT2D eigenvalue weighted by Crippen LogP contribution is 2.29. The lowest BCUT2D eigenvalue weighted by Crippen LogP contribution is -2.38. The number of carboxylic acid groups (broad SMARTS) is 1. The zero-order valence-corrected chi connectivity index (χ0v) is 16.6. The average Bonchev–Trinajstić information content (AvgIpc) is 3.34. The number of hydrogen-bond acceptors (Lipinski definition) is 6. The van der Waals surface area contributed by atoms with Gasteiger partial charge in [0.1, 0.15) is 22.5 Å². The number of nitrogens with zero attached hydrogens (tertiary/aromatic N) is 5. The fourth-order valence-electron chi connectivity index (χ4n) is 3.87. The standard InChI is InChI=1S/C21H22N6O3/c1-13-2-3-14-17(10-13)27(5-4-26-6-8-30-9-7-26)25-18(14)16-12-23-20-19(24-16)15(11-22-20)21(28)29/h2-3,10-12H,4-9H2,1H3,(H,22,23)(H,28,29). The maximum Gasteiger partial charge on any atom is 0.339 e. The third-order valence-corrected chi connectivity index (χ3v) is 5.49. The number of fused-ring (bicyclic) bond motifs is 2. The molecule has 1 aliphatic rings. The Morgan fingerprint density at radius 1 is 1.27 bits per heavy atom. The predicted molar refractivity (Wildman–Crippen MR) is 112 cm³/mol. The van der Waals surface area contributed by atoms with Gasteiger partial charge in [-0.2, -0.15) is 5.10 Å². The Labute approximate surface area is 172 Å². The van der Waals surface area contributed by atoms with Crippen LogP contribution in [0.1, 0.15) is 15.9 Å². The van der Waals surface area contributed by atoms with Crippen molar-refractivity contribution in [3.05, 3.63) is 41.7 Å². The molecule has 4 heterocycles. The number of aryl methyl sites for hydroxylation is 1. The Bertz CT molecular complexity index is 1240. The molecular weight excluding hydrogens is 384 g/mol. The number of carboxylic acids is 1. The summed E-state index contributed by atoms with van der Waals surface area (Å²) in [5, 5.41) is 15.2. The molecule has 1 aromatic carbocycles. The average molecular weight is 406 g/mol. The molecule has 1 fully saturated rings. The van der Waals surface area contributed by atoms with Gasteiger partial charge in [0.15, 0.2) is 5.65 Å². The van der Waals surface area contributed by atoms with E-state index in [1.807, 2.05) is 16.8 Å². The largest absolute Gasteiger partial charge is 0.478 e. The van der Waals surface area contributed by atoms with Gasteiger partial charge in [-0.25, -0.2) is 14.8 Å². The number of ether oxygens (including phenoxy) is 1. The normalized spacial score (nSPS) is 15.2. The lowest BCUT2D eigenvalue weighted by molar-refractivity contribution is 0.0361. The highest BCUT2D eigenvalue weighted by molar-refractivity contribution is 6.01. The molecule has 3 aromatic heterocycles. The third-order valence-electron chi connectivity index (χ3n) is 5.49. The second-order valence-electron chi connectivity index (χ2n) is 7.51. The first-order valence-corrected chi connectivity index (χ1v) is 9.95. The van der Waals surface area contributed by atoms with Gasteiger partial charge in [-0.15, -0.1) is 0 Å². The lowest BCUT2D eigenvalue weighted by Gasteiger charge is -2.26. The third kappa shape index (κ3) is 3.31. The quantitative estimate of drug-likeness (QED) is 0.523. The predicted octanol–water partition coefficient (Wildman–Crippen LogP) is 2.31. The number of hydrogen-bond donors (Lipinski definition) is 2. The van der Waals surface area contributed by atoms with Crippen molar-refractivity contribution < 1.29 is 14.6 Å². The molecule has 1 saturated heterocycles. The molecule has 30 heavy (non-hydrogen) atoms. The smallest absolute Gasteiger partial charge is 0.339 e. The Kier molecular flexibility index (Phi) is 4.68. The second kappa shape index (κ2) is 7.51. The van der Waals surface area contributed by atoms with E-state index in [0.717, 1.165) is 55.9 Å². The number of rotatable bonds is 5. The van der Waals surface area contributed by atoms with E-state index in [2.05, 4.69) is 32.8 Å². The summed E-state index contributed by atoms with van der Waals surface area (Å²) in [5.41, 5.74) is 4.34. The SMILES string of the molecule is Cc1ccc2c(-c3cnc4[nH]cc(C(=O)O)c4n3)nn(CCN3CCOCC3)c2c1. The summed E-state index contributed by atoms with van der Waals surface area (Å²) in [6.45, 7) is 7.09. The Hall–Kier alpha value is -3.30. The first-order chi connectivity index (χ1) is 14.6. The van der Waals surface area contributed by atoms with Gasteiger partial charge < -0.3 is 14.8 Å². The van der Waals surface area contributed by atoms with E-state index in [1.165, 1.54) is 6.20 Å². The molecule has 154 valence electrons. The minimum atomic E-state index is -1.04. The number of aromatic carboxylic acids is 1. The van der Waals surface area contributed by atoms with Crippen LogP contribution < -0.4 is 0 Å². The Morgan fingerprint density at radius 2 is 2.10 bits per heavy atom. The molecule has 0 bridgehead atoms. The molecule has 1 aliphatic heterocycles. The minimum absolute atomic E-state index is 0.103. The van der Waals surface area contributed by atoms with E-state index >= 15 is 0 Å². The number of nitrogens with one attached hydrogen (secondary N) is 1. The van der Waals surface area contributed by atoms with E-state index in [1.54, 1.807) is 6.20 Å². The summed E-state index contributed by atoms with van der Waals surface area (Å²) in [7, 11) is 0. The van der Waals surface area contributed by atoms with Crippen LogP contribution in [0.2, 0.25) is 0 Å². The van der Waals surface area contributed by atoms with Crippen molar-refractivity contribution in [2.24, 2.45) is 0 Å². The van der Waals surface area contributed by atoms with Gasteiger partial charge in [0.2, 0.25) is 0 Å². The maximum atomic E-state index is 11.5. The van der Waals surface area contributed by atoms with E-state index < -0.39 is 5.97 Å². The van der Waals surface area contributed by atoms with Crippen molar-refractivity contribution in [1.82, 2.24) is 29.6 Å². The molecule has 0 unspecified atom stereocenters. The Balaban J connectivity index is 1.56. The molecule has 0 aliphatic carbocycles. The molecule has 0 saturated carbocycles. The van der Waals surface area contributed by atoms with Crippen molar-refractivity contribution >= 4 is 28.0 Å². The van der Waals surface area contributed by atoms with E-state index in [-0.39, 0.29) is 5.56 Å². The summed E-state index contributed by atoms with van der Waals surface area (Å²) in [4.78, 5) is 25.7. The van der Waals surface area contributed by atoms with Crippen molar-refractivity contribution in [1.29, 1.82) is 0 Å².